The number of hydrogen-bond acceptors (Lipinski definition) is 2. The number of ether oxygens (including phenoxy) is 1. The SMILES string of the molecule is C=CC(=O)OC(F)CC(F)(F)C(F)(F)C(F)(F)C(F)(F)C(F)(F)C(F)(F)C(F)(F)C(F)(F)C(F)(F)C(F)(F)F. The molecule has 0 aromatic rings. The molecule has 0 amide bonds. The largest absolute Gasteiger partial charge is 0.460 e. The van der Waals surface area contributed by atoms with Gasteiger partial charge in [-0.05, 0) is 0 Å². The Morgan fingerprint density at radius 1 is 0.538 bits per heavy atom. The fourth-order valence-corrected chi connectivity index (χ4v) is 2.14. The van der Waals surface area contributed by atoms with Gasteiger partial charge >= 0.3 is 65.4 Å². The second-order valence-corrected chi connectivity index (χ2v) is 7.05. The number of halogens is 22. The summed E-state index contributed by atoms with van der Waals surface area (Å²) in [5.74, 6) is -80.9. The summed E-state index contributed by atoms with van der Waals surface area (Å²) >= 11 is 0. The summed E-state index contributed by atoms with van der Waals surface area (Å²) in [6, 6.07) is 0. The van der Waals surface area contributed by atoms with Crippen LogP contribution in [0.3, 0.4) is 0 Å². The van der Waals surface area contributed by atoms with E-state index >= 15 is 0 Å². The first-order valence-electron chi connectivity index (χ1n) is 8.54. The molecule has 0 N–H and O–H groups in total. The van der Waals surface area contributed by atoms with Gasteiger partial charge in [-0.3, -0.25) is 0 Å². The van der Waals surface area contributed by atoms with Crippen molar-refractivity contribution in [1.82, 2.24) is 0 Å². The van der Waals surface area contributed by atoms with Gasteiger partial charge in [0, 0.05) is 6.08 Å². The lowest BCUT2D eigenvalue weighted by Gasteiger charge is -2.44. The molecule has 0 saturated carbocycles. The Labute approximate surface area is 198 Å². The minimum atomic E-state index is -9.29. The smallest absolute Gasteiger partial charge is 0.428 e. The molecule has 0 aromatic heterocycles. The van der Waals surface area contributed by atoms with Crippen LogP contribution in [0.5, 0.6) is 0 Å². The summed E-state index contributed by atoms with van der Waals surface area (Å²) in [6.07, 6.45) is -16.1. The molecule has 0 radical (unpaired) electrons. The molecule has 39 heavy (non-hydrogen) atoms. The first-order chi connectivity index (χ1) is 16.6. The molecule has 1 unspecified atom stereocenters. The van der Waals surface area contributed by atoms with Gasteiger partial charge in [0.05, 0.1) is 6.42 Å². The molecule has 0 aliphatic heterocycles. The minimum Gasteiger partial charge on any atom is -0.428 e. The quantitative estimate of drug-likeness (QED) is 0.125. The molecule has 1 atom stereocenters. The van der Waals surface area contributed by atoms with E-state index in [9.17, 15) is 101 Å². The van der Waals surface area contributed by atoms with Crippen LogP contribution in [-0.4, -0.2) is 71.8 Å². The average Bonchev–Trinajstić information content (AvgIpc) is 2.70. The van der Waals surface area contributed by atoms with Gasteiger partial charge in [0.15, 0.2) is 0 Å². The van der Waals surface area contributed by atoms with Crippen LogP contribution in [0, 0.1) is 0 Å². The van der Waals surface area contributed by atoms with Crippen LogP contribution >= 0.6 is 0 Å². The van der Waals surface area contributed by atoms with Crippen molar-refractivity contribution in [2.75, 3.05) is 0 Å². The maximum absolute atomic E-state index is 13.6. The fourth-order valence-electron chi connectivity index (χ4n) is 2.14. The van der Waals surface area contributed by atoms with Crippen LogP contribution in [0.1, 0.15) is 6.42 Å². The summed E-state index contributed by atoms with van der Waals surface area (Å²) in [6.45, 7) is 2.47. The van der Waals surface area contributed by atoms with Gasteiger partial charge in [0.2, 0.25) is 6.36 Å². The third-order valence-corrected chi connectivity index (χ3v) is 4.40. The van der Waals surface area contributed by atoms with Crippen molar-refractivity contribution in [1.29, 1.82) is 0 Å². The molecule has 0 spiro atoms. The molecule has 2 nitrogen and oxygen atoms in total. The Morgan fingerprint density at radius 3 is 1.05 bits per heavy atom. The Bertz CT molecular complexity index is 915. The second-order valence-electron chi connectivity index (χ2n) is 7.05. The zero-order valence-corrected chi connectivity index (χ0v) is 17.2. The van der Waals surface area contributed by atoms with Crippen molar-refractivity contribution in [3.05, 3.63) is 12.7 Å². The summed E-state index contributed by atoms with van der Waals surface area (Å²) in [4.78, 5) is 10.5. The first-order valence-corrected chi connectivity index (χ1v) is 8.54. The van der Waals surface area contributed by atoms with Crippen molar-refractivity contribution >= 4 is 5.97 Å². The normalized spacial score (nSPS) is 16.7. The van der Waals surface area contributed by atoms with E-state index in [0.29, 0.717) is 0 Å². The average molecular weight is 636 g/mol. The van der Waals surface area contributed by atoms with Gasteiger partial charge in [-0.25, -0.2) is 9.18 Å². The van der Waals surface area contributed by atoms with E-state index in [1.165, 1.54) is 0 Å². The molecule has 0 heterocycles. The summed E-state index contributed by atoms with van der Waals surface area (Å²) in [7, 11) is 0. The zero-order valence-electron chi connectivity index (χ0n) is 17.2. The van der Waals surface area contributed by atoms with Gasteiger partial charge in [-0.2, -0.15) is 92.2 Å². The van der Waals surface area contributed by atoms with E-state index in [0.717, 1.165) is 0 Å². The maximum atomic E-state index is 13.6. The zero-order chi connectivity index (χ0) is 32.3. The number of carbonyl (C=O) groups excluding carboxylic acids is 1. The van der Waals surface area contributed by atoms with Gasteiger partial charge < -0.3 is 4.74 Å². The molecule has 0 aliphatic carbocycles. The molecule has 0 aromatic carbocycles. The van der Waals surface area contributed by atoms with Crippen molar-refractivity contribution in [2.24, 2.45) is 0 Å². The van der Waals surface area contributed by atoms with E-state index in [4.69, 9.17) is 0 Å². The lowest BCUT2D eigenvalue weighted by atomic mass is 9.86. The van der Waals surface area contributed by atoms with E-state index in [1.807, 2.05) is 0 Å². The predicted octanol–water partition coefficient (Wildman–Crippen LogP) is 7.68. The van der Waals surface area contributed by atoms with Crippen molar-refractivity contribution in [3.63, 3.8) is 0 Å². The molecular weight excluding hydrogens is 630 g/mol. The molecule has 232 valence electrons. The second kappa shape index (κ2) is 9.65. The molecule has 24 heteroatoms. The highest BCUT2D eigenvalue weighted by atomic mass is 19.4. The van der Waals surface area contributed by atoms with E-state index in [2.05, 4.69) is 11.3 Å². The van der Waals surface area contributed by atoms with Crippen LogP contribution in [0.4, 0.5) is 96.6 Å². The predicted molar refractivity (Wildman–Crippen MR) is 76.4 cm³/mol. The number of esters is 1. The van der Waals surface area contributed by atoms with Crippen molar-refractivity contribution < 1.29 is 106 Å². The third-order valence-electron chi connectivity index (χ3n) is 4.40. The van der Waals surface area contributed by atoms with Crippen LogP contribution in [-0.2, 0) is 9.53 Å². The van der Waals surface area contributed by atoms with Crippen molar-refractivity contribution in [3.8, 4) is 0 Å². The topological polar surface area (TPSA) is 26.3 Å². The van der Waals surface area contributed by atoms with Crippen LogP contribution in [0.25, 0.3) is 0 Å². The fraction of sp³-hybridized carbons (Fsp3) is 0.800. The van der Waals surface area contributed by atoms with Crippen LogP contribution in [0.15, 0.2) is 12.7 Å². The molecule has 0 fully saturated rings. The first kappa shape index (κ1) is 36.7. The minimum absolute atomic E-state index is 0.119. The Morgan fingerprint density at radius 2 is 0.795 bits per heavy atom. The van der Waals surface area contributed by atoms with E-state index in [-0.39, 0.29) is 6.08 Å². The number of carbonyl (C=O) groups is 1. The standard InChI is InChI=1S/C15H6F22O2/c1-2-5(38)39-4(16)3-6(17,18)7(19,20)8(21,22)9(23,24)10(25,26)11(27,28)12(29,30)13(31,32)14(33,34)15(35,36)37/h2,4H,1,3H2. The molecular formula is C15H6F22O2. The Balaban J connectivity index is 6.91. The summed E-state index contributed by atoms with van der Waals surface area (Å²) in [5.41, 5.74) is 0. The van der Waals surface area contributed by atoms with Crippen molar-refractivity contribution in [2.45, 2.75) is 72.3 Å². The van der Waals surface area contributed by atoms with Gasteiger partial charge in [0.1, 0.15) is 0 Å². The summed E-state index contributed by atoms with van der Waals surface area (Å²) in [5, 5.41) is 0. The highest BCUT2D eigenvalue weighted by molar-refractivity contribution is 5.81. The third kappa shape index (κ3) is 5.03. The number of hydrogen-bond donors (Lipinski definition) is 0. The lowest BCUT2D eigenvalue weighted by molar-refractivity contribution is -0.474. The number of rotatable bonds is 12. The van der Waals surface area contributed by atoms with Crippen LogP contribution in [0.2, 0.25) is 0 Å². The Kier molecular flexibility index (Phi) is 9.07. The lowest BCUT2D eigenvalue weighted by Crippen LogP contribution is -2.76. The molecule has 0 rings (SSSR count). The van der Waals surface area contributed by atoms with Crippen LogP contribution < -0.4 is 0 Å². The maximum Gasteiger partial charge on any atom is 0.460 e. The molecule has 0 aliphatic rings. The molecule has 0 saturated heterocycles. The van der Waals surface area contributed by atoms with Gasteiger partial charge in [-0.1, -0.05) is 6.58 Å². The highest BCUT2D eigenvalue weighted by Gasteiger charge is 2.97. The van der Waals surface area contributed by atoms with Gasteiger partial charge in [-0.15, -0.1) is 0 Å². The van der Waals surface area contributed by atoms with Gasteiger partial charge in [0.25, 0.3) is 0 Å². The molecule has 0 bridgehead atoms. The summed E-state index contributed by atoms with van der Waals surface area (Å²) < 4.78 is 292. The van der Waals surface area contributed by atoms with E-state index < -0.39 is 78.2 Å². The number of alkyl halides is 22. The monoisotopic (exact) mass is 636 g/mol. The Hall–Kier alpha value is -2.33. The highest BCUT2D eigenvalue weighted by Crippen LogP contribution is 2.66. The van der Waals surface area contributed by atoms with E-state index in [1.54, 1.807) is 0 Å².